The van der Waals surface area contributed by atoms with Gasteiger partial charge in [0.15, 0.2) is 0 Å². The Bertz CT molecular complexity index is 330. The molecule has 0 aromatic carbocycles. The average molecular weight is 298 g/mol. The number of carbonyl (C=O) groups excluding carboxylic acids is 2. The van der Waals surface area contributed by atoms with Crippen LogP contribution in [0.3, 0.4) is 0 Å². The van der Waals surface area contributed by atoms with Crippen molar-refractivity contribution in [1.29, 1.82) is 0 Å². The van der Waals surface area contributed by atoms with Crippen LogP contribution < -0.4 is 16.4 Å². The van der Waals surface area contributed by atoms with Gasteiger partial charge in [-0.15, -0.1) is 0 Å². The number of urea groups is 1. The third-order valence-corrected chi connectivity index (χ3v) is 4.19. The minimum atomic E-state index is -0.113. The second kappa shape index (κ2) is 9.60. The van der Waals surface area contributed by atoms with Crippen molar-refractivity contribution in [2.75, 3.05) is 20.1 Å². The van der Waals surface area contributed by atoms with Gasteiger partial charge in [-0.3, -0.25) is 4.79 Å². The van der Waals surface area contributed by atoms with Gasteiger partial charge in [-0.05, 0) is 26.2 Å². The minimum absolute atomic E-state index is 0.0556. The number of rotatable bonds is 7. The maximum atomic E-state index is 11.8. The zero-order valence-electron chi connectivity index (χ0n) is 13.4. The molecule has 0 bridgehead atoms. The molecule has 0 heterocycles. The van der Waals surface area contributed by atoms with Crippen LogP contribution >= 0.6 is 0 Å². The van der Waals surface area contributed by atoms with Crippen molar-refractivity contribution in [3.63, 3.8) is 0 Å². The Morgan fingerprint density at radius 3 is 2.57 bits per heavy atom. The molecule has 1 rings (SSSR count). The molecule has 1 aliphatic rings. The zero-order valence-corrected chi connectivity index (χ0v) is 13.4. The van der Waals surface area contributed by atoms with E-state index in [1.165, 1.54) is 19.3 Å². The summed E-state index contributed by atoms with van der Waals surface area (Å²) in [4.78, 5) is 25.2. The van der Waals surface area contributed by atoms with E-state index >= 15 is 0 Å². The van der Waals surface area contributed by atoms with Crippen LogP contribution in [0.5, 0.6) is 0 Å². The van der Waals surface area contributed by atoms with E-state index < -0.39 is 0 Å². The maximum absolute atomic E-state index is 11.8. The number of nitrogens with zero attached hydrogens (tertiary/aromatic N) is 1. The van der Waals surface area contributed by atoms with E-state index in [0.29, 0.717) is 32.0 Å². The van der Waals surface area contributed by atoms with Crippen LogP contribution in [0.25, 0.3) is 0 Å². The van der Waals surface area contributed by atoms with Gasteiger partial charge >= 0.3 is 6.03 Å². The third kappa shape index (κ3) is 6.80. The molecule has 1 unspecified atom stereocenters. The first-order valence-electron chi connectivity index (χ1n) is 8.04. The molecule has 4 N–H and O–H groups in total. The van der Waals surface area contributed by atoms with Crippen molar-refractivity contribution in [2.24, 2.45) is 5.73 Å². The summed E-state index contributed by atoms with van der Waals surface area (Å²) < 4.78 is 0. The Labute approximate surface area is 127 Å². The predicted molar refractivity (Wildman–Crippen MR) is 83.9 cm³/mol. The molecule has 3 amide bonds. The van der Waals surface area contributed by atoms with Crippen LogP contribution in [0.1, 0.15) is 51.9 Å². The fraction of sp³-hybridized carbons (Fsp3) is 0.867. The summed E-state index contributed by atoms with van der Waals surface area (Å²) in [5.41, 5.74) is 5.54. The molecule has 122 valence electrons. The topological polar surface area (TPSA) is 87.5 Å². The average Bonchev–Trinajstić information content (AvgIpc) is 2.50. The number of amides is 3. The molecule has 1 aliphatic carbocycles. The van der Waals surface area contributed by atoms with Crippen molar-refractivity contribution >= 4 is 11.9 Å². The van der Waals surface area contributed by atoms with Crippen molar-refractivity contribution < 1.29 is 9.59 Å². The van der Waals surface area contributed by atoms with Crippen LogP contribution in [0.15, 0.2) is 0 Å². The van der Waals surface area contributed by atoms with Gasteiger partial charge in [0.05, 0.1) is 0 Å². The van der Waals surface area contributed by atoms with Crippen molar-refractivity contribution in [1.82, 2.24) is 15.5 Å². The fourth-order valence-electron chi connectivity index (χ4n) is 2.51. The number of hydrogen-bond donors (Lipinski definition) is 3. The molecular formula is C15H30N4O2. The smallest absolute Gasteiger partial charge is 0.315 e. The molecule has 0 aliphatic heterocycles. The summed E-state index contributed by atoms with van der Waals surface area (Å²) >= 11 is 0. The second-order valence-corrected chi connectivity index (χ2v) is 5.93. The molecule has 0 aromatic rings. The molecule has 0 radical (unpaired) electrons. The zero-order chi connectivity index (χ0) is 15.7. The molecule has 0 saturated heterocycles. The SMILES string of the molecule is CC(CN)N(C)C(=O)CCCNC(=O)NC1CCCCC1. The minimum Gasteiger partial charge on any atom is -0.342 e. The highest BCUT2D eigenvalue weighted by molar-refractivity contribution is 5.76. The Hall–Kier alpha value is -1.30. The maximum Gasteiger partial charge on any atom is 0.315 e. The normalized spacial score (nSPS) is 17.1. The highest BCUT2D eigenvalue weighted by Gasteiger charge is 2.16. The Balaban J connectivity index is 2.10. The summed E-state index contributed by atoms with van der Waals surface area (Å²) in [7, 11) is 1.77. The van der Waals surface area contributed by atoms with E-state index in [1.807, 2.05) is 6.92 Å². The van der Waals surface area contributed by atoms with E-state index in [4.69, 9.17) is 5.73 Å². The summed E-state index contributed by atoms with van der Waals surface area (Å²) in [5, 5.41) is 5.82. The second-order valence-electron chi connectivity index (χ2n) is 5.93. The highest BCUT2D eigenvalue weighted by atomic mass is 16.2. The summed E-state index contributed by atoms with van der Waals surface area (Å²) in [6.45, 7) is 2.91. The molecule has 21 heavy (non-hydrogen) atoms. The van der Waals surface area contributed by atoms with Gasteiger partial charge in [-0.1, -0.05) is 19.3 Å². The lowest BCUT2D eigenvalue weighted by atomic mass is 9.96. The predicted octanol–water partition coefficient (Wildman–Crippen LogP) is 1.20. The van der Waals surface area contributed by atoms with Crippen molar-refractivity contribution in [2.45, 2.75) is 64.0 Å². The van der Waals surface area contributed by atoms with E-state index in [1.54, 1.807) is 11.9 Å². The van der Waals surface area contributed by atoms with Crippen LogP contribution in [-0.4, -0.2) is 49.1 Å². The van der Waals surface area contributed by atoms with Crippen molar-refractivity contribution in [3.05, 3.63) is 0 Å². The summed E-state index contributed by atoms with van der Waals surface area (Å²) in [5.74, 6) is 0.0717. The molecule has 1 fully saturated rings. The van der Waals surface area contributed by atoms with Crippen LogP contribution in [0.4, 0.5) is 4.79 Å². The first kappa shape index (κ1) is 17.8. The van der Waals surface area contributed by atoms with Crippen LogP contribution in [0.2, 0.25) is 0 Å². The van der Waals surface area contributed by atoms with Gasteiger partial charge in [0.25, 0.3) is 0 Å². The summed E-state index contributed by atoms with van der Waals surface area (Å²) in [6, 6.07) is 0.259. The molecular weight excluding hydrogens is 268 g/mol. The number of nitrogens with two attached hydrogens (primary N) is 1. The van der Waals surface area contributed by atoms with Gasteiger partial charge in [0, 0.05) is 38.6 Å². The largest absolute Gasteiger partial charge is 0.342 e. The first-order chi connectivity index (χ1) is 10.0. The lowest BCUT2D eigenvalue weighted by molar-refractivity contribution is -0.131. The Morgan fingerprint density at radius 1 is 1.29 bits per heavy atom. The van der Waals surface area contributed by atoms with Crippen molar-refractivity contribution in [3.8, 4) is 0 Å². The number of nitrogens with one attached hydrogen (secondary N) is 2. The van der Waals surface area contributed by atoms with Crippen LogP contribution in [-0.2, 0) is 4.79 Å². The van der Waals surface area contributed by atoms with Gasteiger partial charge in [0.1, 0.15) is 0 Å². The van der Waals surface area contributed by atoms with E-state index in [2.05, 4.69) is 10.6 Å². The lowest BCUT2D eigenvalue weighted by Crippen LogP contribution is -2.43. The van der Waals surface area contributed by atoms with Crippen LogP contribution in [0, 0.1) is 0 Å². The van der Waals surface area contributed by atoms with E-state index in [-0.39, 0.29) is 18.0 Å². The van der Waals surface area contributed by atoms with Gasteiger partial charge in [-0.2, -0.15) is 0 Å². The Kier molecular flexibility index (Phi) is 8.12. The molecule has 6 heteroatoms. The first-order valence-corrected chi connectivity index (χ1v) is 8.04. The molecule has 1 saturated carbocycles. The molecule has 6 nitrogen and oxygen atoms in total. The van der Waals surface area contributed by atoms with Gasteiger partial charge in [0.2, 0.25) is 5.91 Å². The van der Waals surface area contributed by atoms with Gasteiger partial charge in [-0.25, -0.2) is 4.79 Å². The monoisotopic (exact) mass is 298 g/mol. The third-order valence-electron chi connectivity index (χ3n) is 4.19. The van der Waals surface area contributed by atoms with E-state index in [0.717, 1.165) is 12.8 Å². The molecule has 0 aromatic heterocycles. The lowest BCUT2D eigenvalue weighted by Gasteiger charge is -2.24. The quantitative estimate of drug-likeness (QED) is 0.617. The Morgan fingerprint density at radius 2 is 1.95 bits per heavy atom. The fourth-order valence-corrected chi connectivity index (χ4v) is 2.51. The highest BCUT2D eigenvalue weighted by Crippen LogP contribution is 2.17. The number of carbonyl (C=O) groups is 2. The standard InChI is InChI=1S/C15H30N4O2/c1-12(11-16)19(2)14(20)9-6-10-17-15(21)18-13-7-4-3-5-8-13/h12-13H,3-11,16H2,1-2H3,(H2,17,18,21). The number of likely N-dealkylation sites (N-methyl/N-ethyl adjacent to an activating group) is 1. The molecule has 0 spiro atoms. The molecule has 1 atom stereocenters. The number of hydrogen-bond acceptors (Lipinski definition) is 3. The van der Waals surface area contributed by atoms with Gasteiger partial charge < -0.3 is 21.3 Å². The van der Waals surface area contributed by atoms with E-state index in [9.17, 15) is 9.59 Å². The summed E-state index contributed by atoms with van der Waals surface area (Å²) in [6.07, 6.45) is 6.91.